The number of nitrogens with one attached hydrogen (secondary N) is 1. The number of carbonyl (C=O) groups excluding carboxylic acids is 1. The summed E-state index contributed by atoms with van der Waals surface area (Å²) in [5.74, 6) is 5.43. The van der Waals surface area contributed by atoms with Gasteiger partial charge in [-0.3, -0.25) is 4.79 Å². The van der Waals surface area contributed by atoms with Gasteiger partial charge in [-0.15, -0.1) is 11.3 Å². The minimum absolute atomic E-state index is 0.194. The molecule has 2 aromatic rings. The molecule has 4 nitrogen and oxygen atoms in total. The monoisotopic (exact) mass is 339 g/mol. The molecular formula is C19H21N3OS. The molecule has 1 fully saturated rings. The van der Waals surface area contributed by atoms with Crippen molar-refractivity contribution in [2.75, 3.05) is 18.0 Å². The van der Waals surface area contributed by atoms with Crippen LogP contribution < -0.4 is 10.2 Å². The lowest BCUT2D eigenvalue weighted by Crippen LogP contribution is -2.44. The molecule has 0 spiro atoms. The summed E-state index contributed by atoms with van der Waals surface area (Å²) in [5.41, 5.74) is 3.09. The molecule has 5 heteroatoms. The maximum Gasteiger partial charge on any atom is 0.296 e. The summed E-state index contributed by atoms with van der Waals surface area (Å²) in [6, 6.07) is 8.06. The molecule has 0 radical (unpaired) electrons. The highest BCUT2D eigenvalue weighted by molar-refractivity contribution is 7.13. The number of aromatic nitrogens is 1. The highest BCUT2D eigenvalue weighted by Gasteiger charge is 2.21. The second-order valence-corrected chi connectivity index (χ2v) is 6.96. The van der Waals surface area contributed by atoms with Gasteiger partial charge in [0.15, 0.2) is 5.13 Å². The van der Waals surface area contributed by atoms with E-state index in [-0.39, 0.29) is 11.9 Å². The third-order valence-electron chi connectivity index (χ3n) is 4.05. The van der Waals surface area contributed by atoms with E-state index in [1.807, 2.05) is 38.1 Å². The van der Waals surface area contributed by atoms with E-state index in [1.54, 1.807) is 11.3 Å². The van der Waals surface area contributed by atoms with Gasteiger partial charge in [0.05, 0.1) is 5.69 Å². The zero-order valence-corrected chi connectivity index (χ0v) is 14.8. The summed E-state index contributed by atoms with van der Waals surface area (Å²) in [6.45, 7) is 5.87. The van der Waals surface area contributed by atoms with Gasteiger partial charge in [0.2, 0.25) is 0 Å². The van der Waals surface area contributed by atoms with E-state index >= 15 is 0 Å². The van der Waals surface area contributed by atoms with Crippen molar-refractivity contribution >= 4 is 22.4 Å². The van der Waals surface area contributed by atoms with Crippen molar-refractivity contribution < 1.29 is 4.79 Å². The number of benzene rings is 1. The number of hydrogen-bond acceptors (Lipinski definition) is 4. The van der Waals surface area contributed by atoms with E-state index in [1.165, 1.54) is 0 Å². The highest BCUT2D eigenvalue weighted by atomic mass is 32.1. The van der Waals surface area contributed by atoms with Crippen molar-refractivity contribution in [3.8, 4) is 11.8 Å². The van der Waals surface area contributed by atoms with Gasteiger partial charge in [-0.2, -0.15) is 0 Å². The average molecular weight is 339 g/mol. The first kappa shape index (κ1) is 16.5. The van der Waals surface area contributed by atoms with Crippen molar-refractivity contribution in [3.63, 3.8) is 0 Å². The Morgan fingerprint density at radius 3 is 2.79 bits per heavy atom. The quantitative estimate of drug-likeness (QED) is 0.856. The first-order chi connectivity index (χ1) is 11.6. The largest absolute Gasteiger partial charge is 0.348 e. The van der Waals surface area contributed by atoms with Crippen LogP contribution in [-0.4, -0.2) is 30.0 Å². The Bertz CT molecular complexity index is 779. The van der Waals surface area contributed by atoms with Crippen molar-refractivity contribution in [1.82, 2.24) is 10.3 Å². The van der Waals surface area contributed by atoms with Gasteiger partial charge in [-0.1, -0.05) is 18.1 Å². The van der Waals surface area contributed by atoms with Crippen LogP contribution in [0.15, 0.2) is 29.6 Å². The van der Waals surface area contributed by atoms with Crippen molar-refractivity contribution in [3.05, 3.63) is 46.5 Å². The van der Waals surface area contributed by atoms with Crippen LogP contribution in [0.25, 0.3) is 0 Å². The van der Waals surface area contributed by atoms with Gasteiger partial charge in [-0.05, 0) is 44.4 Å². The predicted molar refractivity (Wildman–Crippen MR) is 98.3 cm³/mol. The van der Waals surface area contributed by atoms with Gasteiger partial charge in [0.1, 0.15) is 0 Å². The number of anilines is 1. The van der Waals surface area contributed by atoms with Gasteiger partial charge in [0.25, 0.3) is 5.91 Å². The number of aryl methyl sites for hydroxylation is 2. The number of thiazole rings is 1. The minimum Gasteiger partial charge on any atom is -0.348 e. The molecule has 1 saturated heterocycles. The van der Waals surface area contributed by atoms with Gasteiger partial charge < -0.3 is 10.2 Å². The van der Waals surface area contributed by atoms with Gasteiger partial charge in [-0.25, -0.2) is 4.98 Å². The molecule has 0 unspecified atom stereocenters. The summed E-state index contributed by atoms with van der Waals surface area (Å²) < 4.78 is 0. The molecule has 0 atom stereocenters. The summed E-state index contributed by atoms with van der Waals surface area (Å²) in [5, 5.41) is 6.18. The first-order valence-corrected chi connectivity index (χ1v) is 9.04. The Morgan fingerprint density at radius 1 is 1.33 bits per heavy atom. The lowest BCUT2D eigenvalue weighted by molar-refractivity contribution is -0.116. The average Bonchev–Trinajstić information content (AvgIpc) is 3.00. The van der Waals surface area contributed by atoms with Crippen LogP contribution in [0.3, 0.4) is 0 Å². The number of carbonyl (C=O) groups is 1. The summed E-state index contributed by atoms with van der Waals surface area (Å²) in [6.07, 6.45) is 1.85. The summed E-state index contributed by atoms with van der Waals surface area (Å²) in [7, 11) is 0. The highest BCUT2D eigenvalue weighted by Crippen LogP contribution is 2.23. The van der Waals surface area contributed by atoms with E-state index in [4.69, 9.17) is 0 Å². The number of rotatable bonds is 2. The molecule has 1 amide bonds. The molecule has 1 aromatic heterocycles. The molecule has 124 valence electrons. The van der Waals surface area contributed by atoms with Crippen LogP contribution in [-0.2, 0) is 4.79 Å². The second-order valence-electron chi connectivity index (χ2n) is 6.13. The fraction of sp³-hybridized carbons (Fsp3) is 0.368. The van der Waals surface area contributed by atoms with E-state index in [0.717, 1.165) is 47.9 Å². The van der Waals surface area contributed by atoms with Crippen LogP contribution in [0.1, 0.15) is 29.7 Å². The van der Waals surface area contributed by atoms with Crippen molar-refractivity contribution in [2.24, 2.45) is 0 Å². The number of hydrogen-bond donors (Lipinski definition) is 1. The third kappa shape index (κ3) is 4.36. The first-order valence-electron chi connectivity index (χ1n) is 8.16. The normalized spacial score (nSPS) is 14.8. The summed E-state index contributed by atoms with van der Waals surface area (Å²) >= 11 is 1.68. The third-order valence-corrected chi connectivity index (χ3v) is 5.07. The van der Waals surface area contributed by atoms with Gasteiger partial charge in [0, 0.05) is 36.0 Å². The van der Waals surface area contributed by atoms with E-state index in [2.05, 4.69) is 32.4 Å². The minimum atomic E-state index is -0.194. The van der Waals surface area contributed by atoms with Crippen molar-refractivity contribution in [1.29, 1.82) is 0 Å². The second kappa shape index (κ2) is 7.50. The molecule has 0 saturated carbocycles. The SMILES string of the molecule is Cc1cccc(C#CC(=O)NC2CCN(c3nc(C)cs3)CC2)c1. The fourth-order valence-corrected chi connectivity index (χ4v) is 3.63. The molecule has 0 bridgehead atoms. The molecule has 0 aliphatic carbocycles. The zero-order chi connectivity index (χ0) is 16.9. The van der Waals surface area contributed by atoms with Gasteiger partial charge >= 0.3 is 0 Å². The van der Waals surface area contributed by atoms with Crippen LogP contribution in [0.2, 0.25) is 0 Å². The van der Waals surface area contributed by atoms with E-state index in [0.29, 0.717) is 0 Å². The number of amides is 1. The number of nitrogens with zero attached hydrogens (tertiary/aromatic N) is 2. The Balaban J connectivity index is 1.50. The molecule has 1 aromatic carbocycles. The van der Waals surface area contributed by atoms with E-state index in [9.17, 15) is 4.79 Å². The molecule has 1 aliphatic heterocycles. The lowest BCUT2D eigenvalue weighted by atomic mass is 10.1. The van der Waals surface area contributed by atoms with Crippen LogP contribution in [0, 0.1) is 25.7 Å². The maximum atomic E-state index is 12.0. The zero-order valence-electron chi connectivity index (χ0n) is 14.0. The molecule has 2 heterocycles. The summed E-state index contributed by atoms with van der Waals surface area (Å²) in [4.78, 5) is 18.8. The molecule has 24 heavy (non-hydrogen) atoms. The lowest BCUT2D eigenvalue weighted by Gasteiger charge is -2.31. The Hall–Kier alpha value is -2.32. The Kier molecular flexibility index (Phi) is 5.17. The standard InChI is InChI=1S/C19H21N3OS/c1-14-4-3-5-16(12-14)6-7-18(23)21-17-8-10-22(11-9-17)19-20-15(2)13-24-19/h3-5,12-13,17H,8-11H2,1-2H3,(H,21,23). The molecule has 3 rings (SSSR count). The fourth-order valence-electron chi connectivity index (χ4n) is 2.78. The Morgan fingerprint density at radius 2 is 2.12 bits per heavy atom. The van der Waals surface area contributed by atoms with Crippen LogP contribution >= 0.6 is 11.3 Å². The van der Waals surface area contributed by atoms with Crippen LogP contribution in [0.4, 0.5) is 5.13 Å². The number of piperidine rings is 1. The topological polar surface area (TPSA) is 45.2 Å². The molecule has 1 N–H and O–H groups in total. The molecule has 1 aliphatic rings. The smallest absolute Gasteiger partial charge is 0.296 e. The van der Waals surface area contributed by atoms with Crippen LogP contribution in [0.5, 0.6) is 0 Å². The Labute approximate surface area is 146 Å². The van der Waals surface area contributed by atoms with E-state index < -0.39 is 0 Å². The van der Waals surface area contributed by atoms with Crippen molar-refractivity contribution in [2.45, 2.75) is 32.7 Å². The maximum absolute atomic E-state index is 12.0. The molecular weight excluding hydrogens is 318 g/mol. The predicted octanol–water partition coefficient (Wildman–Crippen LogP) is 2.90.